The molecule has 0 aromatic carbocycles. The Labute approximate surface area is 106 Å². The van der Waals surface area contributed by atoms with E-state index in [4.69, 9.17) is 4.74 Å². The van der Waals surface area contributed by atoms with Crippen LogP contribution in [-0.4, -0.2) is 30.6 Å². The van der Waals surface area contributed by atoms with Crippen molar-refractivity contribution in [1.82, 2.24) is 10.3 Å². The van der Waals surface area contributed by atoms with E-state index in [-0.39, 0.29) is 24.4 Å². The van der Waals surface area contributed by atoms with Crippen LogP contribution in [0.2, 0.25) is 0 Å². The zero-order chi connectivity index (χ0) is 11.4. The van der Waals surface area contributed by atoms with Gasteiger partial charge in [0.15, 0.2) is 0 Å². The molecule has 2 heterocycles. The standard InChI is InChI=1S/C11H15N3O2.ClH/c1-16-8-4-6-13-10(7-8)14-11(15)9-3-2-5-12-9;/h4,6-7,9,12H,2-3,5H2,1H3,(H,13,14,15);1H. The summed E-state index contributed by atoms with van der Waals surface area (Å²) in [7, 11) is 1.58. The normalized spacial score (nSPS) is 18.3. The summed E-state index contributed by atoms with van der Waals surface area (Å²) in [5, 5.41) is 5.90. The summed E-state index contributed by atoms with van der Waals surface area (Å²) in [5.74, 6) is 1.18. The van der Waals surface area contributed by atoms with E-state index in [0.717, 1.165) is 19.4 Å². The first-order chi connectivity index (χ1) is 7.79. The molecule has 1 aromatic rings. The van der Waals surface area contributed by atoms with Crippen LogP contribution < -0.4 is 15.4 Å². The first-order valence-corrected chi connectivity index (χ1v) is 5.34. The number of hydrogen-bond donors (Lipinski definition) is 2. The Balaban J connectivity index is 0.00000144. The molecular weight excluding hydrogens is 242 g/mol. The third-order valence-electron chi connectivity index (χ3n) is 2.60. The lowest BCUT2D eigenvalue weighted by Crippen LogP contribution is -2.35. The SMILES string of the molecule is COc1ccnc(NC(=O)C2CCCN2)c1.Cl. The van der Waals surface area contributed by atoms with Gasteiger partial charge in [-0.05, 0) is 25.5 Å². The number of pyridine rings is 1. The number of anilines is 1. The lowest BCUT2D eigenvalue weighted by atomic mass is 10.2. The average molecular weight is 258 g/mol. The minimum Gasteiger partial charge on any atom is -0.497 e. The van der Waals surface area contributed by atoms with Crippen LogP contribution in [0.1, 0.15) is 12.8 Å². The van der Waals surface area contributed by atoms with E-state index in [1.54, 1.807) is 25.4 Å². The van der Waals surface area contributed by atoms with Gasteiger partial charge in [0.25, 0.3) is 0 Å². The fourth-order valence-electron chi connectivity index (χ4n) is 1.73. The summed E-state index contributed by atoms with van der Waals surface area (Å²) >= 11 is 0. The van der Waals surface area contributed by atoms with Gasteiger partial charge in [0.05, 0.1) is 13.2 Å². The van der Waals surface area contributed by atoms with Crippen molar-refractivity contribution in [3.63, 3.8) is 0 Å². The van der Waals surface area contributed by atoms with Gasteiger partial charge in [-0.1, -0.05) is 0 Å². The van der Waals surface area contributed by atoms with Crippen LogP contribution in [0.25, 0.3) is 0 Å². The highest BCUT2D eigenvalue weighted by atomic mass is 35.5. The quantitative estimate of drug-likeness (QED) is 0.854. The van der Waals surface area contributed by atoms with E-state index in [1.807, 2.05) is 0 Å². The molecule has 0 spiro atoms. The summed E-state index contributed by atoms with van der Waals surface area (Å²) in [5.41, 5.74) is 0. The number of aromatic nitrogens is 1. The Morgan fingerprint density at radius 1 is 1.65 bits per heavy atom. The van der Waals surface area contributed by atoms with Crippen LogP contribution >= 0.6 is 12.4 Å². The second-order valence-corrected chi connectivity index (χ2v) is 3.72. The molecule has 0 saturated carbocycles. The van der Waals surface area contributed by atoms with Gasteiger partial charge in [0, 0.05) is 12.3 Å². The van der Waals surface area contributed by atoms with Crippen molar-refractivity contribution in [3.8, 4) is 5.75 Å². The molecule has 2 N–H and O–H groups in total. The number of halogens is 1. The smallest absolute Gasteiger partial charge is 0.242 e. The second kappa shape index (κ2) is 6.42. The molecule has 17 heavy (non-hydrogen) atoms. The van der Waals surface area contributed by atoms with E-state index >= 15 is 0 Å². The summed E-state index contributed by atoms with van der Waals surface area (Å²) in [6, 6.07) is 3.35. The molecule has 1 aliphatic heterocycles. The fraction of sp³-hybridized carbons (Fsp3) is 0.455. The Hall–Kier alpha value is -1.33. The van der Waals surface area contributed by atoms with Gasteiger partial charge < -0.3 is 15.4 Å². The molecule has 1 atom stereocenters. The van der Waals surface area contributed by atoms with E-state index in [0.29, 0.717) is 11.6 Å². The number of ether oxygens (including phenoxy) is 1. The summed E-state index contributed by atoms with van der Waals surface area (Å²) in [6.07, 6.45) is 3.54. The number of methoxy groups -OCH3 is 1. The molecule has 1 aromatic heterocycles. The summed E-state index contributed by atoms with van der Waals surface area (Å²) in [4.78, 5) is 15.8. The number of amides is 1. The lowest BCUT2D eigenvalue weighted by Gasteiger charge is -2.10. The number of carbonyl (C=O) groups is 1. The number of nitrogens with one attached hydrogen (secondary N) is 2. The van der Waals surface area contributed by atoms with Crippen molar-refractivity contribution in [3.05, 3.63) is 18.3 Å². The van der Waals surface area contributed by atoms with Gasteiger partial charge in [-0.25, -0.2) is 4.98 Å². The summed E-state index contributed by atoms with van der Waals surface area (Å²) in [6.45, 7) is 0.906. The molecule has 1 saturated heterocycles. The lowest BCUT2D eigenvalue weighted by molar-refractivity contribution is -0.117. The zero-order valence-corrected chi connectivity index (χ0v) is 10.4. The Morgan fingerprint density at radius 2 is 2.47 bits per heavy atom. The highest BCUT2D eigenvalue weighted by Gasteiger charge is 2.22. The third kappa shape index (κ3) is 3.57. The average Bonchev–Trinajstić information content (AvgIpc) is 2.83. The van der Waals surface area contributed by atoms with E-state index < -0.39 is 0 Å². The first-order valence-electron chi connectivity index (χ1n) is 5.34. The van der Waals surface area contributed by atoms with Crippen LogP contribution in [-0.2, 0) is 4.79 Å². The Morgan fingerprint density at radius 3 is 3.12 bits per heavy atom. The molecule has 0 radical (unpaired) electrons. The van der Waals surface area contributed by atoms with Crippen LogP contribution in [0.4, 0.5) is 5.82 Å². The van der Waals surface area contributed by atoms with E-state index in [1.165, 1.54) is 0 Å². The van der Waals surface area contributed by atoms with Crippen molar-refractivity contribution in [1.29, 1.82) is 0 Å². The molecule has 5 nitrogen and oxygen atoms in total. The maximum atomic E-state index is 11.8. The maximum Gasteiger partial charge on any atom is 0.242 e. The molecule has 94 valence electrons. The Kier molecular flexibility index (Phi) is 5.18. The van der Waals surface area contributed by atoms with Crippen molar-refractivity contribution in [2.24, 2.45) is 0 Å². The van der Waals surface area contributed by atoms with Gasteiger partial charge >= 0.3 is 0 Å². The topological polar surface area (TPSA) is 63.2 Å². The predicted octanol–water partition coefficient (Wildman–Crippen LogP) is 1.20. The van der Waals surface area contributed by atoms with Gasteiger partial charge in [0.1, 0.15) is 11.6 Å². The van der Waals surface area contributed by atoms with Gasteiger partial charge in [-0.2, -0.15) is 0 Å². The minimum atomic E-state index is -0.0898. The monoisotopic (exact) mass is 257 g/mol. The molecule has 0 aliphatic carbocycles. The molecule has 2 rings (SSSR count). The van der Waals surface area contributed by atoms with Gasteiger partial charge in [0.2, 0.25) is 5.91 Å². The third-order valence-corrected chi connectivity index (χ3v) is 2.60. The molecular formula is C11H16ClN3O2. The number of nitrogens with zero attached hydrogens (tertiary/aromatic N) is 1. The van der Waals surface area contributed by atoms with Crippen LogP contribution in [0.5, 0.6) is 5.75 Å². The van der Waals surface area contributed by atoms with Crippen molar-refractivity contribution < 1.29 is 9.53 Å². The van der Waals surface area contributed by atoms with Crippen LogP contribution in [0.15, 0.2) is 18.3 Å². The predicted molar refractivity (Wildman–Crippen MR) is 67.7 cm³/mol. The second-order valence-electron chi connectivity index (χ2n) is 3.72. The highest BCUT2D eigenvalue weighted by molar-refractivity contribution is 5.94. The van der Waals surface area contributed by atoms with Gasteiger partial charge in [-0.3, -0.25) is 4.79 Å². The fourth-order valence-corrected chi connectivity index (χ4v) is 1.73. The minimum absolute atomic E-state index is 0. The molecule has 1 amide bonds. The maximum absolute atomic E-state index is 11.8. The van der Waals surface area contributed by atoms with Crippen molar-refractivity contribution in [2.45, 2.75) is 18.9 Å². The zero-order valence-electron chi connectivity index (χ0n) is 9.60. The molecule has 1 fully saturated rings. The van der Waals surface area contributed by atoms with Crippen molar-refractivity contribution >= 4 is 24.1 Å². The summed E-state index contributed by atoms with van der Waals surface area (Å²) < 4.78 is 5.05. The largest absolute Gasteiger partial charge is 0.497 e. The van der Waals surface area contributed by atoms with Gasteiger partial charge in [-0.15, -0.1) is 12.4 Å². The van der Waals surface area contributed by atoms with Crippen molar-refractivity contribution in [2.75, 3.05) is 19.0 Å². The van der Waals surface area contributed by atoms with Crippen LogP contribution in [0.3, 0.4) is 0 Å². The number of carbonyl (C=O) groups excluding carboxylic acids is 1. The molecule has 1 aliphatic rings. The highest BCUT2D eigenvalue weighted by Crippen LogP contribution is 2.14. The Bertz CT molecular complexity index is 381. The molecule has 0 bridgehead atoms. The molecule has 1 unspecified atom stereocenters. The number of rotatable bonds is 3. The number of hydrogen-bond acceptors (Lipinski definition) is 4. The first kappa shape index (κ1) is 13.7. The van der Waals surface area contributed by atoms with E-state index in [9.17, 15) is 4.79 Å². The van der Waals surface area contributed by atoms with Crippen LogP contribution in [0, 0.1) is 0 Å². The molecule has 6 heteroatoms. The van der Waals surface area contributed by atoms with E-state index in [2.05, 4.69) is 15.6 Å².